The molecule has 3 N–H and O–H groups in total. The van der Waals surface area contributed by atoms with Crippen molar-refractivity contribution in [3.05, 3.63) is 35.4 Å². The second-order valence-electron chi connectivity index (χ2n) is 5.59. The molecule has 0 aromatic heterocycles. The van der Waals surface area contributed by atoms with Gasteiger partial charge in [-0.3, -0.25) is 9.79 Å². The van der Waals surface area contributed by atoms with Gasteiger partial charge in [0, 0.05) is 32.2 Å². The van der Waals surface area contributed by atoms with Gasteiger partial charge in [0.15, 0.2) is 5.96 Å². The Kier molecular flexibility index (Phi) is 8.04. The fourth-order valence-corrected chi connectivity index (χ4v) is 1.92. The Hall–Kier alpha value is -2.04. The van der Waals surface area contributed by atoms with E-state index < -0.39 is 0 Å². The molecule has 0 saturated carbocycles. The van der Waals surface area contributed by atoms with Gasteiger partial charge in [0.1, 0.15) is 0 Å². The third-order valence-electron chi connectivity index (χ3n) is 3.25. The summed E-state index contributed by atoms with van der Waals surface area (Å²) in [7, 11) is 1.77. The number of nitrogens with zero attached hydrogens (tertiary/aromatic N) is 1. The minimum atomic E-state index is -0.0341. The summed E-state index contributed by atoms with van der Waals surface area (Å²) in [5.74, 6) is 1.44. The van der Waals surface area contributed by atoms with Gasteiger partial charge in [0.2, 0.25) is 0 Å². The zero-order chi connectivity index (χ0) is 16.4. The molecule has 0 atom stereocenters. The highest BCUT2D eigenvalue weighted by molar-refractivity contribution is 5.94. The van der Waals surface area contributed by atoms with Crippen LogP contribution in [0.5, 0.6) is 0 Å². The normalized spacial score (nSPS) is 11.4. The first-order chi connectivity index (χ1) is 10.6. The summed E-state index contributed by atoms with van der Waals surface area (Å²) in [4.78, 5) is 15.9. The van der Waals surface area contributed by atoms with Crippen LogP contribution in [0.15, 0.2) is 29.3 Å². The lowest BCUT2D eigenvalue weighted by molar-refractivity contribution is 0.0956. The number of carbonyl (C=O) groups excluding carboxylic acids is 1. The Bertz CT molecular complexity index is 480. The van der Waals surface area contributed by atoms with E-state index in [1.807, 2.05) is 31.2 Å². The molecule has 0 fully saturated rings. The number of guanidine groups is 1. The van der Waals surface area contributed by atoms with Crippen molar-refractivity contribution in [1.29, 1.82) is 0 Å². The molecule has 122 valence electrons. The molecule has 5 nitrogen and oxygen atoms in total. The van der Waals surface area contributed by atoms with Crippen LogP contribution in [0, 0.1) is 5.92 Å². The van der Waals surface area contributed by atoms with Gasteiger partial charge >= 0.3 is 0 Å². The summed E-state index contributed by atoms with van der Waals surface area (Å²) in [6, 6.07) is 7.60. The molecule has 1 aromatic carbocycles. The molecule has 0 aliphatic carbocycles. The van der Waals surface area contributed by atoms with Crippen molar-refractivity contribution in [2.24, 2.45) is 10.9 Å². The first kappa shape index (κ1) is 18.0. The van der Waals surface area contributed by atoms with Crippen molar-refractivity contribution in [2.45, 2.75) is 33.7 Å². The number of rotatable bonds is 7. The molecule has 1 aromatic rings. The smallest absolute Gasteiger partial charge is 0.251 e. The van der Waals surface area contributed by atoms with Crippen molar-refractivity contribution in [3.63, 3.8) is 0 Å². The first-order valence-electron chi connectivity index (χ1n) is 7.88. The minimum absolute atomic E-state index is 0.0341. The summed E-state index contributed by atoms with van der Waals surface area (Å²) in [5.41, 5.74) is 1.80. The molecule has 0 unspecified atom stereocenters. The average molecular weight is 304 g/mol. The second-order valence-corrected chi connectivity index (χ2v) is 5.59. The molecule has 5 heteroatoms. The van der Waals surface area contributed by atoms with E-state index in [1.54, 1.807) is 7.05 Å². The van der Waals surface area contributed by atoms with E-state index in [2.05, 4.69) is 34.8 Å². The van der Waals surface area contributed by atoms with Gasteiger partial charge in [-0.2, -0.15) is 0 Å². The van der Waals surface area contributed by atoms with Crippen LogP contribution in [0.25, 0.3) is 0 Å². The maximum atomic E-state index is 11.7. The zero-order valence-electron chi connectivity index (χ0n) is 14.1. The van der Waals surface area contributed by atoms with Crippen LogP contribution in [0.1, 0.15) is 43.1 Å². The summed E-state index contributed by atoms with van der Waals surface area (Å²) in [6.45, 7) is 8.54. The van der Waals surface area contributed by atoms with Gasteiger partial charge in [-0.1, -0.05) is 26.0 Å². The number of aliphatic imine (C=N–C) groups is 1. The third kappa shape index (κ3) is 6.61. The zero-order valence-corrected chi connectivity index (χ0v) is 14.1. The van der Waals surface area contributed by atoms with Gasteiger partial charge in [-0.05, 0) is 37.0 Å². The fourth-order valence-electron chi connectivity index (χ4n) is 1.92. The lowest BCUT2D eigenvalue weighted by atomic mass is 10.1. The number of amides is 1. The predicted octanol–water partition coefficient (Wildman–Crippen LogP) is 2.15. The topological polar surface area (TPSA) is 65.5 Å². The largest absolute Gasteiger partial charge is 0.356 e. The molecule has 0 aliphatic rings. The van der Waals surface area contributed by atoms with Gasteiger partial charge < -0.3 is 16.0 Å². The van der Waals surface area contributed by atoms with Crippen LogP contribution in [-0.2, 0) is 6.54 Å². The molecule has 0 aliphatic heterocycles. The molecular weight excluding hydrogens is 276 g/mol. The van der Waals surface area contributed by atoms with Gasteiger partial charge in [0.25, 0.3) is 5.91 Å². The summed E-state index contributed by atoms with van der Waals surface area (Å²) in [6.07, 6.45) is 1.11. The van der Waals surface area contributed by atoms with E-state index in [0.29, 0.717) is 24.6 Å². The lowest BCUT2D eigenvalue weighted by Crippen LogP contribution is -2.37. The van der Waals surface area contributed by atoms with Crippen molar-refractivity contribution >= 4 is 11.9 Å². The maximum absolute atomic E-state index is 11.7. The van der Waals surface area contributed by atoms with Crippen molar-refractivity contribution in [1.82, 2.24) is 16.0 Å². The van der Waals surface area contributed by atoms with Gasteiger partial charge in [-0.15, -0.1) is 0 Å². The Balaban J connectivity index is 2.44. The maximum Gasteiger partial charge on any atom is 0.251 e. The van der Waals surface area contributed by atoms with E-state index in [1.165, 1.54) is 0 Å². The molecule has 0 heterocycles. The van der Waals surface area contributed by atoms with E-state index in [0.717, 1.165) is 24.5 Å². The number of hydrogen-bond donors (Lipinski definition) is 3. The molecule has 0 radical (unpaired) electrons. The molecular formula is C17H28N4O. The predicted molar refractivity (Wildman–Crippen MR) is 92.1 cm³/mol. The monoisotopic (exact) mass is 304 g/mol. The average Bonchev–Trinajstić information content (AvgIpc) is 2.51. The second kappa shape index (κ2) is 9.82. The van der Waals surface area contributed by atoms with E-state index in [9.17, 15) is 4.79 Å². The Morgan fingerprint density at radius 1 is 1.14 bits per heavy atom. The van der Waals surface area contributed by atoms with Crippen LogP contribution in [0.3, 0.4) is 0 Å². The molecule has 1 amide bonds. The number of nitrogens with one attached hydrogen (secondary N) is 3. The fraction of sp³-hybridized carbons (Fsp3) is 0.529. The number of carbonyl (C=O) groups is 1. The van der Waals surface area contributed by atoms with Gasteiger partial charge in [0.05, 0.1) is 0 Å². The van der Waals surface area contributed by atoms with E-state index in [-0.39, 0.29) is 5.91 Å². The highest BCUT2D eigenvalue weighted by atomic mass is 16.1. The van der Waals surface area contributed by atoms with Gasteiger partial charge in [-0.25, -0.2) is 0 Å². The standard InChI is InChI=1S/C17H28N4O/c1-5-19-16(22)15-8-6-14(7-9-15)12-21-17(18-4)20-11-10-13(2)3/h6-9,13H,5,10-12H2,1-4H3,(H,19,22)(H2,18,20,21). The van der Waals surface area contributed by atoms with Crippen molar-refractivity contribution < 1.29 is 4.79 Å². The van der Waals surface area contributed by atoms with Crippen molar-refractivity contribution in [2.75, 3.05) is 20.1 Å². The summed E-state index contributed by atoms with van der Waals surface area (Å²) >= 11 is 0. The highest BCUT2D eigenvalue weighted by Crippen LogP contribution is 2.04. The van der Waals surface area contributed by atoms with E-state index in [4.69, 9.17) is 0 Å². The Morgan fingerprint density at radius 2 is 1.82 bits per heavy atom. The van der Waals surface area contributed by atoms with Crippen LogP contribution in [-0.4, -0.2) is 32.0 Å². The van der Waals surface area contributed by atoms with Crippen molar-refractivity contribution in [3.8, 4) is 0 Å². The quantitative estimate of drug-likeness (QED) is 0.534. The SMILES string of the molecule is CCNC(=O)c1ccc(CNC(=NC)NCCC(C)C)cc1. The molecule has 1 rings (SSSR count). The van der Waals surface area contributed by atoms with E-state index >= 15 is 0 Å². The molecule has 0 spiro atoms. The third-order valence-corrected chi connectivity index (χ3v) is 3.25. The van der Waals surface area contributed by atoms with Crippen LogP contribution in [0.2, 0.25) is 0 Å². The highest BCUT2D eigenvalue weighted by Gasteiger charge is 2.04. The molecule has 0 saturated heterocycles. The summed E-state index contributed by atoms with van der Waals surface area (Å²) < 4.78 is 0. The summed E-state index contributed by atoms with van der Waals surface area (Å²) in [5, 5.41) is 9.35. The Labute approximate surface area is 133 Å². The number of benzene rings is 1. The minimum Gasteiger partial charge on any atom is -0.356 e. The molecule has 22 heavy (non-hydrogen) atoms. The Morgan fingerprint density at radius 3 is 2.36 bits per heavy atom. The first-order valence-corrected chi connectivity index (χ1v) is 7.88. The lowest BCUT2D eigenvalue weighted by Gasteiger charge is -2.13. The van der Waals surface area contributed by atoms with Crippen LogP contribution in [0.4, 0.5) is 0 Å². The van der Waals surface area contributed by atoms with Crippen LogP contribution >= 0.6 is 0 Å². The number of hydrogen-bond acceptors (Lipinski definition) is 2. The van der Waals surface area contributed by atoms with Crippen LogP contribution < -0.4 is 16.0 Å². The molecule has 0 bridgehead atoms.